The largest absolute Gasteiger partial charge is 0.481 e. The van der Waals surface area contributed by atoms with Crippen LogP contribution in [-0.4, -0.2) is 28.9 Å². The number of hydrogen-bond acceptors (Lipinski definition) is 3. The Kier molecular flexibility index (Phi) is 6.98. The molecule has 1 fully saturated rings. The Labute approximate surface area is 148 Å². The van der Waals surface area contributed by atoms with E-state index in [0.29, 0.717) is 24.9 Å². The average molecular weight is 346 g/mol. The van der Waals surface area contributed by atoms with Crippen LogP contribution in [0.4, 0.5) is 0 Å². The van der Waals surface area contributed by atoms with Gasteiger partial charge in [0.25, 0.3) is 5.91 Å². The molecule has 1 aliphatic rings. The molecule has 1 saturated carbocycles. The van der Waals surface area contributed by atoms with Crippen LogP contribution in [0.1, 0.15) is 61.4 Å². The molecule has 0 saturated heterocycles. The van der Waals surface area contributed by atoms with E-state index >= 15 is 0 Å². The highest BCUT2D eigenvalue weighted by molar-refractivity contribution is 5.94. The second-order valence-corrected chi connectivity index (χ2v) is 6.62. The first-order chi connectivity index (χ1) is 12.0. The molecule has 6 heteroatoms. The maximum Gasteiger partial charge on any atom is 0.308 e. The number of carboxylic acids is 1. The number of aliphatic carboxylic acids is 1. The highest BCUT2D eigenvalue weighted by atomic mass is 16.4. The van der Waals surface area contributed by atoms with Crippen LogP contribution in [0.15, 0.2) is 24.3 Å². The van der Waals surface area contributed by atoms with Gasteiger partial charge in [0.15, 0.2) is 0 Å². The molecule has 2 rings (SSSR count). The molecule has 25 heavy (non-hydrogen) atoms. The normalized spacial score (nSPS) is 20.8. The van der Waals surface area contributed by atoms with Crippen LogP contribution in [0, 0.1) is 5.92 Å². The number of nitrogens with one attached hydrogen (secondary N) is 2. The number of amides is 2. The lowest BCUT2D eigenvalue weighted by Gasteiger charge is -2.27. The van der Waals surface area contributed by atoms with Crippen LogP contribution in [0.2, 0.25) is 0 Å². The van der Waals surface area contributed by atoms with Gasteiger partial charge >= 0.3 is 5.97 Å². The minimum Gasteiger partial charge on any atom is -0.481 e. The van der Waals surface area contributed by atoms with Gasteiger partial charge in [-0.25, -0.2) is 0 Å². The monoisotopic (exact) mass is 346 g/mol. The number of benzene rings is 1. The van der Waals surface area contributed by atoms with E-state index in [0.717, 1.165) is 31.2 Å². The van der Waals surface area contributed by atoms with Crippen molar-refractivity contribution in [2.24, 2.45) is 5.92 Å². The number of hydrogen-bond donors (Lipinski definition) is 3. The van der Waals surface area contributed by atoms with Gasteiger partial charge < -0.3 is 15.7 Å². The van der Waals surface area contributed by atoms with Crippen LogP contribution < -0.4 is 10.6 Å². The summed E-state index contributed by atoms with van der Waals surface area (Å²) in [5.41, 5.74) is 1.40. The van der Waals surface area contributed by atoms with Crippen molar-refractivity contribution in [3.05, 3.63) is 35.4 Å². The molecule has 136 valence electrons. The molecule has 0 spiro atoms. The summed E-state index contributed by atoms with van der Waals surface area (Å²) >= 11 is 0. The Morgan fingerprint density at radius 1 is 1.04 bits per heavy atom. The van der Waals surface area contributed by atoms with Crippen molar-refractivity contribution in [2.75, 3.05) is 0 Å². The van der Waals surface area contributed by atoms with E-state index in [4.69, 9.17) is 0 Å². The van der Waals surface area contributed by atoms with Crippen LogP contribution in [0.3, 0.4) is 0 Å². The molecule has 0 aliphatic heterocycles. The Bertz CT molecular complexity index is 612. The zero-order valence-corrected chi connectivity index (χ0v) is 14.6. The molecule has 0 aromatic heterocycles. The highest BCUT2D eigenvalue weighted by Crippen LogP contribution is 2.23. The van der Waals surface area contributed by atoms with E-state index in [2.05, 4.69) is 10.6 Å². The summed E-state index contributed by atoms with van der Waals surface area (Å²) in [5.74, 6) is -1.71. The summed E-state index contributed by atoms with van der Waals surface area (Å²) in [6, 6.07) is 6.65. The molecule has 0 radical (unpaired) electrons. The van der Waals surface area contributed by atoms with Gasteiger partial charge in [-0.05, 0) is 30.5 Å². The third-order valence-corrected chi connectivity index (χ3v) is 4.66. The van der Waals surface area contributed by atoms with Crippen molar-refractivity contribution in [2.45, 2.75) is 58.0 Å². The van der Waals surface area contributed by atoms with Gasteiger partial charge in [0.2, 0.25) is 5.91 Å². The quantitative estimate of drug-likeness (QED) is 0.763. The van der Waals surface area contributed by atoms with Crippen molar-refractivity contribution in [1.82, 2.24) is 10.6 Å². The van der Waals surface area contributed by atoms with Crippen molar-refractivity contribution in [3.8, 4) is 0 Å². The molecule has 2 atom stereocenters. The third kappa shape index (κ3) is 5.89. The minimum absolute atomic E-state index is 0.106. The summed E-state index contributed by atoms with van der Waals surface area (Å²) in [5, 5.41) is 15.1. The maximum absolute atomic E-state index is 12.5. The number of rotatable bonds is 5. The molecule has 0 heterocycles. The van der Waals surface area contributed by atoms with E-state index in [1.54, 1.807) is 24.3 Å². The minimum atomic E-state index is -0.835. The maximum atomic E-state index is 12.5. The number of carbonyl (C=O) groups excluding carboxylic acids is 2. The fourth-order valence-electron chi connectivity index (χ4n) is 3.20. The lowest BCUT2D eigenvalue weighted by Crippen LogP contribution is -2.43. The topological polar surface area (TPSA) is 95.5 Å². The van der Waals surface area contributed by atoms with E-state index in [1.165, 1.54) is 6.92 Å². The second-order valence-electron chi connectivity index (χ2n) is 6.62. The first-order valence-corrected chi connectivity index (χ1v) is 8.84. The zero-order chi connectivity index (χ0) is 18.2. The third-order valence-electron chi connectivity index (χ3n) is 4.66. The van der Waals surface area contributed by atoms with Crippen molar-refractivity contribution in [1.29, 1.82) is 0 Å². The second kappa shape index (κ2) is 9.20. The van der Waals surface area contributed by atoms with Crippen LogP contribution in [-0.2, 0) is 16.1 Å². The Hall–Kier alpha value is -2.37. The van der Waals surface area contributed by atoms with Crippen molar-refractivity contribution < 1.29 is 19.5 Å². The fourth-order valence-corrected chi connectivity index (χ4v) is 3.20. The van der Waals surface area contributed by atoms with Crippen LogP contribution >= 0.6 is 0 Å². The summed E-state index contributed by atoms with van der Waals surface area (Å²) in [6.45, 7) is 1.87. The van der Waals surface area contributed by atoms with Gasteiger partial charge in [-0.2, -0.15) is 0 Å². The van der Waals surface area contributed by atoms with E-state index in [-0.39, 0.29) is 17.9 Å². The molecule has 1 aromatic carbocycles. The Morgan fingerprint density at radius 3 is 2.28 bits per heavy atom. The predicted molar refractivity (Wildman–Crippen MR) is 94.0 cm³/mol. The van der Waals surface area contributed by atoms with E-state index in [9.17, 15) is 19.5 Å². The van der Waals surface area contributed by atoms with Crippen molar-refractivity contribution in [3.63, 3.8) is 0 Å². The summed E-state index contributed by atoms with van der Waals surface area (Å²) < 4.78 is 0. The molecule has 1 aliphatic carbocycles. The molecule has 0 bridgehead atoms. The molecule has 2 amide bonds. The lowest BCUT2D eigenvalue weighted by atomic mass is 9.86. The molecular formula is C19H26N2O4. The smallest absolute Gasteiger partial charge is 0.308 e. The molecule has 6 nitrogen and oxygen atoms in total. The lowest BCUT2D eigenvalue weighted by molar-refractivity contribution is -0.143. The number of carbonyl (C=O) groups is 3. The van der Waals surface area contributed by atoms with E-state index < -0.39 is 11.9 Å². The molecule has 2 unspecified atom stereocenters. The van der Waals surface area contributed by atoms with Crippen LogP contribution in [0.5, 0.6) is 0 Å². The Balaban J connectivity index is 2.00. The molecule has 1 aromatic rings. The first kappa shape index (κ1) is 19.0. The summed E-state index contributed by atoms with van der Waals surface area (Å²) in [7, 11) is 0. The highest BCUT2D eigenvalue weighted by Gasteiger charge is 2.30. The predicted octanol–water partition coefficient (Wildman–Crippen LogP) is 2.48. The van der Waals surface area contributed by atoms with Gasteiger partial charge in [-0.1, -0.05) is 37.8 Å². The zero-order valence-electron chi connectivity index (χ0n) is 14.6. The average Bonchev–Trinajstić information content (AvgIpc) is 2.55. The van der Waals surface area contributed by atoms with Gasteiger partial charge in [-0.15, -0.1) is 0 Å². The molecular weight excluding hydrogens is 320 g/mol. The standard InChI is InChI=1S/C19H26N2O4/c1-13(22)20-12-14-8-10-15(11-9-14)18(23)21-17-7-5-3-2-4-6-16(17)19(24)25/h8-11,16-17H,2-7,12H2,1H3,(H,20,22)(H,21,23)(H,24,25). The summed E-state index contributed by atoms with van der Waals surface area (Å²) in [4.78, 5) is 34.9. The Morgan fingerprint density at radius 2 is 1.68 bits per heavy atom. The van der Waals surface area contributed by atoms with Crippen LogP contribution in [0.25, 0.3) is 0 Å². The van der Waals surface area contributed by atoms with Gasteiger partial charge in [0.1, 0.15) is 0 Å². The number of carboxylic acid groups (broad SMARTS) is 1. The summed E-state index contributed by atoms with van der Waals surface area (Å²) in [6.07, 6.45) is 5.27. The van der Waals surface area contributed by atoms with E-state index in [1.807, 2.05) is 0 Å². The van der Waals surface area contributed by atoms with Gasteiger partial charge in [-0.3, -0.25) is 14.4 Å². The van der Waals surface area contributed by atoms with Crippen molar-refractivity contribution >= 4 is 17.8 Å². The molecule has 3 N–H and O–H groups in total. The first-order valence-electron chi connectivity index (χ1n) is 8.84. The van der Waals surface area contributed by atoms with Gasteiger partial charge in [0.05, 0.1) is 5.92 Å². The van der Waals surface area contributed by atoms with Gasteiger partial charge in [0, 0.05) is 25.1 Å². The SMILES string of the molecule is CC(=O)NCc1ccc(C(=O)NC2CCCCCCC2C(=O)O)cc1. The fraction of sp³-hybridized carbons (Fsp3) is 0.526.